The monoisotopic (exact) mass is 180 g/mol. The lowest BCUT2D eigenvalue weighted by atomic mass is 9.92. The number of carbonyl (C=O) groups excluding carboxylic acids is 1. The summed E-state index contributed by atoms with van der Waals surface area (Å²) >= 11 is 0. The van der Waals surface area contributed by atoms with Crippen LogP contribution in [0.25, 0.3) is 0 Å². The van der Waals surface area contributed by atoms with Crippen LogP contribution >= 0.6 is 0 Å². The number of carbonyl (C=O) groups is 1. The van der Waals surface area contributed by atoms with Crippen LogP contribution in [0.4, 0.5) is 0 Å². The van der Waals surface area contributed by atoms with Crippen molar-refractivity contribution in [2.75, 3.05) is 13.1 Å². The summed E-state index contributed by atoms with van der Waals surface area (Å²) in [6.45, 7) is 2.13. The van der Waals surface area contributed by atoms with Gasteiger partial charge in [-0.05, 0) is 25.7 Å². The van der Waals surface area contributed by atoms with E-state index in [0.29, 0.717) is 23.3 Å². The third-order valence-corrected chi connectivity index (χ3v) is 3.91. The quantitative estimate of drug-likeness (QED) is 0.640. The number of nitrogens with one attached hydrogen (secondary N) is 2. The average molecular weight is 180 g/mol. The van der Waals surface area contributed by atoms with Gasteiger partial charge < -0.3 is 10.6 Å². The highest BCUT2D eigenvalue weighted by molar-refractivity contribution is 5.83. The minimum Gasteiger partial charge on any atom is -0.353 e. The van der Waals surface area contributed by atoms with Crippen LogP contribution in [0.1, 0.15) is 25.7 Å². The molecule has 0 radical (unpaired) electrons. The van der Waals surface area contributed by atoms with Gasteiger partial charge in [-0.25, -0.2) is 0 Å². The smallest absolute Gasteiger partial charge is 0.224 e. The third-order valence-electron chi connectivity index (χ3n) is 3.91. The second-order valence-corrected chi connectivity index (χ2v) is 4.86. The van der Waals surface area contributed by atoms with Gasteiger partial charge in [0.2, 0.25) is 5.91 Å². The van der Waals surface area contributed by atoms with E-state index in [-0.39, 0.29) is 0 Å². The standard InChI is InChI=1S/C10H16N2O/c13-9(12-7-2-1-3-7)8-4-10(8)5-11-6-10/h7-8,11H,1-6H2,(H,12,13). The Bertz CT molecular complexity index is 243. The number of hydrogen-bond donors (Lipinski definition) is 2. The van der Waals surface area contributed by atoms with Crippen LogP contribution in [0.3, 0.4) is 0 Å². The second-order valence-electron chi connectivity index (χ2n) is 4.86. The molecule has 1 atom stereocenters. The van der Waals surface area contributed by atoms with Crippen LogP contribution in [0.5, 0.6) is 0 Å². The lowest BCUT2D eigenvalue weighted by molar-refractivity contribution is -0.124. The van der Waals surface area contributed by atoms with Crippen LogP contribution in [0.15, 0.2) is 0 Å². The first kappa shape index (κ1) is 7.80. The summed E-state index contributed by atoms with van der Waals surface area (Å²) in [4.78, 5) is 11.7. The fourth-order valence-electron chi connectivity index (χ4n) is 2.41. The second kappa shape index (κ2) is 2.47. The van der Waals surface area contributed by atoms with Gasteiger partial charge in [-0.2, -0.15) is 0 Å². The Balaban J connectivity index is 1.52. The first-order valence-electron chi connectivity index (χ1n) is 5.31. The van der Waals surface area contributed by atoms with Crippen molar-refractivity contribution in [2.24, 2.45) is 11.3 Å². The molecule has 3 heteroatoms. The molecule has 1 spiro atoms. The Morgan fingerprint density at radius 3 is 2.54 bits per heavy atom. The average Bonchev–Trinajstić information content (AvgIpc) is 2.69. The lowest BCUT2D eigenvalue weighted by Gasteiger charge is -2.30. The molecule has 2 N–H and O–H groups in total. The van der Waals surface area contributed by atoms with Gasteiger partial charge in [0.1, 0.15) is 0 Å². The van der Waals surface area contributed by atoms with Crippen LogP contribution < -0.4 is 10.6 Å². The van der Waals surface area contributed by atoms with Crippen molar-refractivity contribution in [3.05, 3.63) is 0 Å². The summed E-state index contributed by atoms with van der Waals surface area (Å²) in [5.41, 5.74) is 0.397. The van der Waals surface area contributed by atoms with E-state index in [9.17, 15) is 4.79 Å². The van der Waals surface area contributed by atoms with E-state index in [1.165, 1.54) is 19.3 Å². The predicted octanol–water partition coefficient (Wildman–Crippen LogP) is 0.265. The Hall–Kier alpha value is -0.570. The van der Waals surface area contributed by atoms with Crippen LogP contribution in [-0.4, -0.2) is 25.0 Å². The van der Waals surface area contributed by atoms with E-state index in [4.69, 9.17) is 0 Å². The van der Waals surface area contributed by atoms with Gasteiger partial charge in [-0.1, -0.05) is 0 Å². The molecular weight excluding hydrogens is 164 g/mol. The summed E-state index contributed by atoms with van der Waals surface area (Å²) in [5, 5.41) is 6.39. The van der Waals surface area contributed by atoms with Crippen molar-refractivity contribution >= 4 is 5.91 Å². The van der Waals surface area contributed by atoms with E-state index in [2.05, 4.69) is 10.6 Å². The summed E-state index contributed by atoms with van der Waals surface area (Å²) in [5.74, 6) is 0.667. The molecule has 0 bridgehead atoms. The number of hydrogen-bond acceptors (Lipinski definition) is 2. The van der Waals surface area contributed by atoms with Gasteiger partial charge in [0.25, 0.3) is 0 Å². The molecule has 2 saturated carbocycles. The summed E-state index contributed by atoms with van der Waals surface area (Å²) in [7, 11) is 0. The first-order valence-corrected chi connectivity index (χ1v) is 5.31. The van der Waals surface area contributed by atoms with Gasteiger partial charge in [0.15, 0.2) is 0 Å². The van der Waals surface area contributed by atoms with E-state index >= 15 is 0 Å². The van der Waals surface area contributed by atoms with E-state index in [1.807, 2.05) is 0 Å². The highest BCUT2D eigenvalue weighted by Gasteiger charge is 2.61. The Labute approximate surface area is 78.3 Å². The zero-order valence-corrected chi connectivity index (χ0v) is 7.81. The molecule has 3 rings (SSSR count). The van der Waals surface area contributed by atoms with Crippen molar-refractivity contribution < 1.29 is 4.79 Å². The highest BCUT2D eigenvalue weighted by atomic mass is 16.2. The molecule has 1 saturated heterocycles. The Morgan fingerprint density at radius 1 is 1.38 bits per heavy atom. The molecule has 1 unspecified atom stereocenters. The van der Waals surface area contributed by atoms with Crippen molar-refractivity contribution in [3.8, 4) is 0 Å². The molecule has 3 nitrogen and oxygen atoms in total. The highest BCUT2D eigenvalue weighted by Crippen LogP contribution is 2.55. The van der Waals surface area contributed by atoms with Gasteiger partial charge in [0.05, 0.1) is 0 Å². The third kappa shape index (κ3) is 1.10. The van der Waals surface area contributed by atoms with Gasteiger partial charge in [-0.3, -0.25) is 4.79 Å². The molecular formula is C10H16N2O. The topological polar surface area (TPSA) is 41.1 Å². The van der Waals surface area contributed by atoms with Crippen LogP contribution in [-0.2, 0) is 4.79 Å². The largest absolute Gasteiger partial charge is 0.353 e. The zero-order valence-electron chi connectivity index (χ0n) is 7.81. The molecule has 2 aliphatic carbocycles. The normalized spacial score (nSPS) is 34.9. The van der Waals surface area contributed by atoms with E-state index < -0.39 is 0 Å². The van der Waals surface area contributed by atoms with E-state index in [1.54, 1.807) is 0 Å². The van der Waals surface area contributed by atoms with E-state index in [0.717, 1.165) is 19.5 Å². The summed E-state index contributed by atoms with van der Waals surface area (Å²) < 4.78 is 0. The van der Waals surface area contributed by atoms with Crippen molar-refractivity contribution in [2.45, 2.75) is 31.7 Å². The minimum absolute atomic E-state index is 0.325. The molecule has 0 aromatic carbocycles. The molecule has 3 fully saturated rings. The van der Waals surface area contributed by atoms with Gasteiger partial charge >= 0.3 is 0 Å². The first-order chi connectivity index (χ1) is 6.30. The number of amides is 1. The maximum Gasteiger partial charge on any atom is 0.224 e. The van der Waals surface area contributed by atoms with Crippen LogP contribution in [0.2, 0.25) is 0 Å². The number of rotatable bonds is 2. The maximum absolute atomic E-state index is 11.7. The Kier molecular flexibility index (Phi) is 1.48. The zero-order chi connectivity index (χ0) is 8.89. The van der Waals surface area contributed by atoms with Gasteiger partial charge in [-0.15, -0.1) is 0 Å². The summed E-state index contributed by atoms with van der Waals surface area (Å²) in [6.07, 6.45) is 4.81. The predicted molar refractivity (Wildman–Crippen MR) is 49.2 cm³/mol. The van der Waals surface area contributed by atoms with Crippen molar-refractivity contribution in [1.29, 1.82) is 0 Å². The van der Waals surface area contributed by atoms with Crippen molar-refractivity contribution in [1.82, 2.24) is 10.6 Å². The molecule has 1 amide bonds. The summed E-state index contributed by atoms with van der Waals surface area (Å²) in [6, 6.07) is 0.512. The SMILES string of the molecule is O=C(NC1CCC1)C1CC12CNC2. The van der Waals surface area contributed by atoms with Crippen molar-refractivity contribution in [3.63, 3.8) is 0 Å². The van der Waals surface area contributed by atoms with Gasteiger partial charge in [0, 0.05) is 30.5 Å². The maximum atomic E-state index is 11.7. The Morgan fingerprint density at radius 2 is 2.15 bits per heavy atom. The molecule has 13 heavy (non-hydrogen) atoms. The molecule has 1 heterocycles. The molecule has 1 aliphatic heterocycles. The molecule has 72 valence electrons. The molecule has 0 aromatic rings. The van der Waals surface area contributed by atoms with Crippen LogP contribution in [0, 0.1) is 11.3 Å². The molecule has 3 aliphatic rings. The molecule has 0 aromatic heterocycles. The fourth-order valence-corrected chi connectivity index (χ4v) is 2.41. The fraction of sp³-hybridized carbons (Fsp3) is 0.900. The minimum atomic E-state index is 0.325. The lowest BCUT2D eigenvalue weighted by Crippen LogP contribution is -2.48.